The van der Waals surface area contributed by atoms with Crippen LogP contribution in [0.15, 0.2) is 12.4 Å². The topological polar surface area (TPSA) is 47.0 Å². The number of nitrogens with zero attached hydrogens (tertiary/aromatic N) is 2. The molecule has 1 rings (SSSR count). The number of ether oxygens (including phenoxy) is 1. The number of rotatable bonds is 6. The van der Waals surface area contributed by atoms with E-state index >= 15 is 0 Å². The molecule has 1 aromatic rings. The van der Waals surface area contributed by atoms with Gasteiger partial charge in [-0.2, -0.15) is 4.98 Å². The molecule has 96 valence electrons. The van der Waals surface area contributed by atoms with Gasteiger partial charge in [-0.15, -0.1) is 11.6 Å². The highest BCUT2D eigenvalue weighted by Crippen LogP contribution is 2.13. The molecular formula is C12H20ClN3O. The summed E-state index contributed by atoms with van der Waals surface area (Å²) in [5.41, 5.74) is 0. The number of hydrogen-bond acceptors (Lipinski definition) is 4. The maximum absolute atomic E-state index is 5.94. The Kier molecular flexibility index (Phi) is 5.48. The average Bonchev–Trinajstić information content (AvgIpc) is 2.14. The van der Waals surface area contributed by atoms with Crippen LogP contribution in [-0.2, 0) is 0 Å². The Morgan fingerprint density at radius 3 is 2.59 bits per heavy atom. The van der Waals surface area contributed by atoms with Gasteiger partial charge < -0.3 is 10.1 Å². The van der Waals surface area contributed by atoms with Gasteiger partial charge in [-0.25, -0.2) is 0 Å². The molecule has 5 heteroatoms. The molecule has 0 aliphatic rings. The maximum atomic E-state index is 5.94. The van der Waals surface area contributed by atoms with Crippen LogP contribution in [0.4, 0.5) is 5.82 Å². The summed E-state index contributed by atoms with van der Waals surface area (Å²) in [6, 6.07) is 0.256. The molecule has 1 N–H and O–H groups in total. The lowest BCUT2D eigenvalue weighted by atomic mass is 10.2. The number of hydrogen-bond donors (Lipinski definition) is 1. The van der Waals surface area contributed by atoms with Gasteiger partial charge in [0.15, 0.2) is 0 Å². The molecule has 17 heavy (non-hydrogen) atoms. The van der Waals surface area contributed by atoms with Crippen molar-refractivity contribution in [2.24, 2.45) is 0 Å². The van der Waals surface area contributed by atoms with Crippen molar-refractivity contribution in [3.05, 3.63) is 12.4 Å². The summed E-state index contributed by atoms with van der Waals surface area (Å²) < 4.78 is 5.48. The standard InChI is InChI=1S/C12H20ClN3O/c1-8(2)17-12-7-14-6-11(16-12)15-10(4)5-9(3)13/h6-10H,5H2,1-4H3,(H,15,16). The molecule has 0 radical (unpaired) electrons. The minimum Gasteiger partial charge on any atom is -0.474 e. The lowest BCUT2D eigenvalue weighted by molar-refractivity contribution is 0.232. The van der Waals surface area contributed by atoms with E-state index in [0.717, 1.165) is 6.42 Å². The second-order valence-electron chi connectivity index (χ2n) is 4.47. The number of alkyl halides is 1. The van der Waals surface area contributed by atoms with Crippen molar-refractivity contribution in [1.82, 2.24) is 9.97 Å². The zero-order chi connectivity index (χ0) is 12.8. The molecule has 0 fully saturated rings. The molecule has 1 heterocycles. The first-order chi connectivity index (χ1) is 7.97. The summed E-state index contributed by atoms with van der Waals surface area (Å²) in [5, 5.41) is 3.39. The predicted molar refractivity (Wildman–Crippen MR) is 70.8 cm³/mol. The normalized spacial score (nSPS) is 14.5. The summed E-state index contributed by atoms with van der Waals surface area (Å²) in [7, 11) is 0. The van der Waals surface area contributed by atoms with E-state index in [1.807, 2.05) is 20.8 Å². The molecule has 0 amide bonds. The molecule has 0 saturated carbocycles. The fraction of sp³-hybridized carbons (Fsp3) is 0.667. The van der Waals surface area contributed by atoms with Crippen molar-refractivity contribution in [2.75, 3.05) is 5.32 Å². The first-order valence-corrected chi connectivity index (χ1v) is 6.30. The van der Waals surface area contributed by atoms with Crippen molar-refractivity contribution in [2.45, 2.75) is 51.6 Å². The van der Waals surface area contributed by atoms with E-state index < -0.39 is 0 Å². The molecule has 0 aliphatic carbocycles. The molecule has 0 saturated heterocycles. The summed E-state index contributed by atoms with van der Waals surface area (Å²) in [6.45, 7) is 7.96. The molecule has 4 nitrogen and oxygen atoms in total. The van der Waals surface area contributed by atoms with Crippen molar-refractivity contribution in [1.29, 1.82) is 0 Å². The summed E-state index contributed by atoms with van der Waals surface area (Å²) in [4.78, 5) is 8.41. The highest BCUT2D eigenvalue weighted by Gasteiger charge is 2.08. The molecule has 0 aromatic carbocycles. The van der Waals surface area contributed by atoms with Crippen molar-refractivity contribution >= 4 is 17.4 Å². The first-order valence-electron chi connectivity index (χ1n) is 5.86. The van der Waals surface area contributed by atoms with Crippen molar-refractivity contribution in [3.63, 3.8) is 0 Å². The lowest BCUT2D eigenvalue weighted by Gasteiger charge is -2.16. The zero-order valence-electron chi connectivity index (χ0n) is 10.8. The van der Waals surface area contributed by atoms with Crippen molar-refractivity contribution < 1.29 is 4.74 Å². The van der Waals surface area contributed by atoms with E-state index in [9.17, 15) is 0 Å². The Hall–Kier alpha value is -1.03. The van der Waals surface area contributed by atoms with Gasteiger partial charge in [-0.3, -0.25) is 4.98 Å². The zero-order valence-corrected chi connectivity index (χ0v) is 11.5. The van der Waals surface area contributed by atoms with E-state index in [-0.39, 0.29) is 17.5 Å². The predicted octanol–water partition coefficient (Wildman–Crippen LogP) is 3.08. The van der Waals surface area contributed by atoms with E-state index in [4.69, 9.17) is 16.3 Å². The highest BCUT2D eigenvalue weighted by molar-refractivity contribution is 6.20. The third kappa shape index (κ3) is 5.73. The lowest BCUT2D eigenvalue weighted by Crippen LogP contribution is -2.19. The summed E-state index contributed by atoms with van der Waals surface area (Å²) in [5.74, 6) is 1.25. The Bertz CT molecular complexity index is 344. The van der Waals surface area contributed by atoms with Crippen LogP contribution in [0.5, 0.6) is 5.88 Å². The quantitative estimate of drug-likeness (QED) is 0.796. The van der Waals surface area contributed by atoms with Gasteiger partial charge in [0.25, 0.3) is 0 Å². The molecule has 0 bridgehead atoms. The SMILES string of the molecule is CC(Cl)CC(C)Nc1cncc(OC(C)C)n1. The Labute approximate surface area is 108 Å². The van der Waals surface area contributed by atoms with Crippen LogP contribution in [0.25, 0.3) is 0 Å². The molecule has 2 atom stereocenters. The van der Waals surface area contributed by atoms with E-state index in [1.54, 1.807) is 12.4 Å². The third-order valence-corrected chi connectivity index (χ3v) is 2.22. The molecular weight excluding hydrogens is 238 g/mol. The maximum Gasteiger partial charge on any atom is 0.234 e. The van der Waals surface area contributed by atoms with Gasteiger partial charge in [0.2, 0.25) is 5.88 Å². The van der Waals surface area contributed by atoms with Gasteiger partial charge >= 0.3 is 0 Å². The Balaban J connectivity index is 2.59. The van der Waals surface area contributed by atoms with Gasteiger partial charge in [0, 0.05) is 11.4 Å². The van der Waals surface area contributed by atoms with Crippen LogP contribution in [0.3, 0.4) is 0 Å². The summed E-state index contributed by atoms with van der Waals surface area (Å²) >= 11 is 5.94. The fourth-order valence-corrected chi connectivity index (χ4v) is 1.78. The highest BCUT2D eigenvalue weighted by atomic mass is 35.5. The number of nitrogens with one attached hydrogen (secondary N) is 1. The van der Waals surface area contributed by atoms with Crippen LogP contribution in [0.2, 0.25) is 0 Å². The molecule has 0 spiro atoms. The van der Waals surface area contributed by atoms with Crippen LogP contribution in [-0.4, -0.2) is 27.5 Å². The largest absolute Gasteiger partial charge is 0.474 e. The van der Waals surface area contributed by atoms with Crippen molar-refractivity contribution in [3.8, 4) is 5.88 Å². The minimum absolute atomic E-state index is 0.0971. The van der Waals surface area contributed by atoms with Gasteiger partial charge in [0.05, 0.1) is 18.5 Å². The fourth-order valence-electron chi connectivity index (χ4n) is 1.51. The molecule has 1 aromatic heterocycles. The monoisotopic (exact) mass is 257 g/mol. The second-order valence-corrected chi connectivity index (χ2v) is 5.22. The molecule has 0 aliphatic heterocycles. The average molecular weight is 258 g/mol. The van der Waals surface area contributed by atoms with Crippen LogP contribution < -0.4 is 10.1 Å². The second kappa shape index (κ2) is 6.64. The van der Waals surface area contributed by atoms with Crippen LogP contribution >= 0.6 is 11.6 Å². The van der Waals surface area contributed by atoms with Gasteiger partial charge in [-0.05, 0) is 34.1 Å². The third-order valence-electron chi connectivity index (χ3n) is 2.04. The smallest absolute Gasteiger partial charge is 0.234 e. The van der Waals surface area contributed by atoms with E-state index in [1.165, 1.54) is 0 Å². The minimum atomic E-state index is 0.0971. The van der Waals surface area contributed by atoms with Crippen LogP contribution in [0, 0.1) is 0 Å². The Morgan fingerprint density at radius 2 is 2.00 bits per heavy atom. The number of anilines is 1. The van der Waals surface area contributed by atoms with Crippen LogP contribution in [0.1, 0.15) is 34.1 Å². The van der Waals surface area contributed by atoms with Gasteiger partial charge in [0.1, 0.15) is 5.82 Å². The van der Waals surface area contributed by atoms with E-state index in [0.29, 0.717) is 11.7 Å². The number of halogens is 1. The Morgan fingerprint density at radius 1 is 1.29 bits per heavy atom. The molecule has 2 unspecified atom stereocenters. The van der Waals surface area contributed by atoms with Gasteiger partial charge in [-0.1, -0.05) is 0 Å². The summed E-state index contributed by atoms with van der Waals surface area (Å²) in [6.07, 6.45) is 4.26. The first kappa shape index (κ1) is 14.0. The number of aromatic nitrogens is 2. The van der Waals surface area contributed by atoms with E-state index in [2.05, 4.69) is 22.2 Å².